The van der Waals surface area contributed by atoms with Crippen LogP contribution in [0, 0.1) is 0 Å². The van der Waals surface area contributed by atoms with E-state index in [-0.39, 0.29) is 6.10 Å². The van der Waals surface area contributed by atoms with Crippen LogP contribution in [0.15, 0.2) is 4.52 Å². The van der Waals surface area contributed by atoms with Gasteiger partial charge >= 0.3 is 0 Å². The molecule has 0 bridgehead atoms. The van der Waals surface area contributed by atoms with E-state index in [0.29, 0.717) is 5.92 Å². The van der Waals surface area contributed by atoms with Crippen LogP contribution in [0.1, 0.15) is 43.3 Å². The molecule has 2 saturated heterocycles. The first kappa shape index (κ1) is 11.2. The highest BCUT2D eigenvalue weighted by Crippen LogP contribution is 2.23. The van der Waals surface area contributed by atoms with Gasteiger partial charge < -0.3 is 14.6 Å². The quantitative estimate of drug-likeness (QED) is 0.857. The first-order valence-corrected chi connectivity index (χ1v) is 6.56. The average molecular weight is 237 g/mol. The van der Waals surface area contributed by atoms with E-state index in [4.69, 9.17) is 9.26 Å². The fourth-order valence-electron chi connectivity index (χ4n) is 2.60. The average Bonchev–Trinajstić information content (AvgIpc) is 3.02. The molecular formula is C12H19N3O2. The number of hydrogen-bond donors (Lipinski definition) is 1. The van der Waals surface area contributed by atoms with E-state index >= 15 is 0 Å². The summed E-state index contributed by atoms with van der Waals surface area (Å²) in [7, 11) is 0. The molecule has 1 atom stereocenters. The Kier molecular flexibility index (Phi) is 3.38. The second kappa shape index (κ2) is 5.14. The standard InChI is InChI=1S/C12H19N3O2/c1-2-10(16-7-1)8-11-14-12(15-17-11)9-3-5-13-6-4-9/h9-10,13H,1-8H2. The Morgan fingerprint density at radius 2 is 2.12 bits per heavy atom. The smallest absolute Gasteiger partial charge is 0.229 e. The third-order valence-corrected chi connectivity index (χ3v) is 3.61. The van der Waals surface area contributed by atoms with Crippen molar-refractivity contribution in [3.63, 3.8) is 0 Å². The molecule has 3 heterocycles. The Morgan fingerprint density at radius 1 is 1.24 bits per heavy atom. The van der Waals surface area contributed by atoms with E-state index in [1.54, 1.807) is 0 Å². The SMILES string of the molecule is C1COC(Cc2nc(C3CCNCC3)no2)C1. The van der Waals surface area contributed by atoms with Crippen LogP contribution in [0.25, 0.3) is 0 Å². The highest BCUT2D eigenvalue weighted by molar-refractivity contribution is 4.98. The molecule has 0 aromatic carbocycles. The maximum Gasteiger partial charge on any atom is 0.229 e. The Balaban J connectivity index is 1.60. The monoisotopic (exact) mass is 237 g/mol. The van der Waals surface area contributed by atoms with Crippen LogP contribution in [0.5, 0.6) is 0 Å². The molecule has 1 aromatic rings. The van der Waals surface area contributed by atoms with Gasteiger partial charge in [0, 0.05) is 12.5 Å². The van der Waals surface area contributed by atoms with Crippen molar-refractivity contribution in [2.75, 3.05) is 19.7 Å². The number of aromatic nitrogens is 2. The second-order valence-electron chi connectivity index (χ2n) is 4.91. The molecule has 0 amide bonds. The third kappa shape index (κ3) is 2.66. The second-order valence-corrected chi connectivity index (χ2v) is 4.91. The van der Waals surface area contributed by atoms with E-state index in [1.165, 1.54) is 0 Å². The molecule has 1 aromatic heterocycles. The molecule has 0 saturated carbocycles. The highest BCUT2D eigenvalue weighted by Gasteiger charge is 2.23. The summed E-state index contributed by atoms with van der Waals surface area (Å²) < 4.78 is 10.9. The third-order valence-electron chi connectivity index (χ3n) is 3.61. The first-order valence-electron chi connectivity index (χ1n) is 6.56. The van der Waals surface area contributed by atoms with Gasteiger partial charge in [-0.05, 0) is 38.8 Å². The minimum atomic E-state index is 0.288. The number of hydrogen-bond acceptors (Lipinski definition) is 5. The highest BCUT2D eigenvalue weighted by atomic mass is 16.5. The molecule has 0 radical (unpaired) electrons. The summed E-state index contributed by atoms with van der Waals surface area (Å²) in [6.07, 6.45) is 5.55. The van der Waals surface area contributed by atoms with Gasteiger partial charge in [0.15, 0.2) is 5.82 Å². The van der Waals surface area contributed by atoms with Gasteiger partial charge in [-0.3, -0.25) is 0 Å². The molecule has 3 rings (SSSR count). The summed E-state index contributed by atoms with van der Waals surface area (Å²) in [4.78, 5) is 4.51. The molecule has 5 heteroatoms. The zero-order valence-electron chi connectivity index (χ0n) is 10.0. The first-order chi connectivity index (χ1) is 8.42. The minimum absolute atomic E-state index is 0.288. The lowest BCUT2D eigenvalue weighted by atomic mass is 9.98. The van der Waals surface area contributed by atoms with Gasteiger partial charge in [0.1, 0.15) is 0 Å². The van der Waals surface area contributed by atoms with Crippen LogP contribution in [0.3, 0.4) is 0 Å². The molecule has 0 aliphatic carbocycles. The normalized spacial score (nSPS) is 26.5. The predicted octanol–water partition coefficient (Wildman–Crippen LogP) is 1.26. The minimum Gasteiger partial charge on any atom is -0.378 e. The summed E-state index contributed by atoms with van der Waals surface area (Å²) in [6.45, 7) is 2.99. The molecule has 17 heavy (non-hydrogen) atoms. The van der Waals surface area contributed by atoms with E-state index in [1.807, 2.05) is 0 Å². The molecule has 94 valence electrons. The van der Waals surface area contributed by atoms with Gasteiger partial charge in [0.05, 0.1) is 12.5 Å². The summed E-state index contributed by atoms with van der Waals surface area (Å²) in [5.74, 6) is 2.10. The Labute approximate surface area is 101 Å². The molecule has 2 aliphatic heterocycles. The molecular weight excluding hydrogens is 218 g/mol. The van der Waals surface area contributed by atoms with Crippen LogP contribution in [-0.2, 0) is 11.2 Å². The Bertz CT molecular complexity index is 354. The van der Waals surface area contributed by atoms with Crippen LogP contribution < -0.4 is 5.32 Å². The van der Waals surface area contributed by atoms with Gasteiger partial charge in [-0.1, -0.05) is 5.16 Å². The topological polar surface area (TPSA) is 60.2 Å². The van der Waals surface area contributed by atoms with Crippen LogP contribution in [-0.4, -0.2) is 35.9 Å². The largest absolute Gasteiger partial charge is 0.378 e. The fourth-order valence-corrected chi connectivity index (χ4v) is 2.60. The number of piperidine rings is 1. The van der Waals surface area contributed by atoms with E-state index in [0.717, 1.165) is 63.5 Å². The fraction of sp³-hybridized carbons (Fsp3) is 0.833. The van der Waals surface area contributed by atoms with Crippen molar-refractivity contribution >= 4 is 0 Å². The van der Waals surface area contributed by atoms with Crippen LogP contribution >= 0.6 is 0 Å². The maximum absolute atomic E-state index is 5.57. The predicted molar refractivity (Wildman–Crippen MR) is 61.8 cm³/mol. The van der Waals surface area contributed by atoms with Crippen LogP contribution in [0.4, 0.5) is 0 Å². The van der Waals surface area contributed by atoms with Gasteiger partial charge in [0.2, 0.25) is 5.89 Å². The van der Waals surface area contributed by atoms with Gasteiger partial charge in [0.25, 0.3) is 0 Å². The van der Waals surface area contributed by atoms with Crippen molar-refractivity contribution in [1.29, 1.82) is 0 Å². The summed E-state index contributed by atoms with van der Waals surface area (Å²) in [5.41, 5.74) is 0. The Morgan fingerprint density at radius 3 is 2.88 bits per heavy atom. The molecule has 1 unspecified atom stereocenters. The molecule has 5 nitrogen and oxygen atoms in total. The lowest BCUT2D eigenvalue weighted by molar-refractivity contribution is 0.104. The summed E-state index contributed by atoms with van der Waals surface area (Å²) in [6, 6.07) is 0. The van der Waals surface area contributed by atoms with Gasteiger partial charge in [-0.25, -0.2) is 0 Å². The zero-order valence-corrected chi connectivity index (χ0v) is 10.0. The van der Waals surface area contributed by atoms with Crippen molar-refractivity contribution in [1.82, 2.24) is 15.5 Å². The van der Waals surface area contributed by atoms with E-state index in [9.17, 15) is 0 Å². The maximum atomic E-state index is 5.57. The molecule has 2 aliphatic rings. The number of nitrogens with zero attached hydrogens (tertiary/aromatic N) is 2. The number of nitrogens with one attached hydrogen (secondary N) is 1. The van der Waals surface area contributed by atoms with E-state index < -0.39 is 0 Å². The summed E-state index contributed by atoms with van der Waals surface area (Å²) >= 11 is 0. The lowest BCUT2D eigenvalue weighted by Crippen LogP contribution is -2.27. The van der Waals surface area contributed by atoms with E-state index in [2.05, 4.69) is 15.5 Å². The summed E-state index contributed by atoms with van der Waals surface area (Å²) in [5, 5.41) is 7.46. The van der Waals surface area contributed by atoms with Gasteiger partial charge in [-0.2, -0.15) is 4.98 Å². The zero-order chi connectivity index (χ0) is 11.5. The Hall–Kier alpha value is -0.940. The van der Waals surface area contributed by atoms with Crippen molar-refractivity contribution in [3.05, 3.63) is 11.7 Å². The van der Waals surface area contributed by atoms with Crippen molar-refractivity contribution in [3.8, 4) is 0 Å². The molecule has 2 fully saturated rings. The lowest BCUT2D eigenvalue weighted by Gasteiger charge is -2.18. The van der Waals surface area contributed by atoms with Crippen molar-refractivity contribution in [2.24, 2.45) is 0 Å². The molecule has 0 spiro atoms. The molecule has 1 N–H and O–H groups in total. The van der Waals surface area contributed by atoms with Crippen molar-refractivity contribution in [2.45, 2.75) is 44.1 Å². The van der Waals surface area contributed by atoms with Crippen LogP contribution in [0.2, 0.25) is 0 Å². The number of ether oxygens (including phenoxy) is 1. The van der Waals surface area contributed by atoms with Crippen molar-refractivity contribution < 1.29 is 9.26 Å². The van der Waals surface area contributed by atoms with Gasteiger partial charge in [-0.15, -0.1) is 0 Å². The number of rotatable bonds is 3.